The van der Waals surface area contributed by atoms with Crippen LogP contribution in [-0.2, 0) is 14.8 Å². The number of hydrogen-bond acceptors (Lipinski definition) is 4. The van der Waals surface area contributed by atoms with Gasteiger partial charge in [0.2, 0.25) is 15.9 Å². The molecule has 1 aromatic carbocycles. The second kappa shape index (κ2) is 6.66. The molecule has 1 amide bonds. The molecule has 1 saturated heterocycles. The maximum Gasteiger partial charge on any atom is 0.243 e. The Hall–Kier alpha value is -1.60. The lowest BCUT2D eigenvalue weighted by molar-refractivity contribution is -0.114. The van der Waals surface area contributed by atoms with Crippen LogP contribution in [0.25, 0.3) is 0 Å². The van der Waals surface area contributed by atoms with Crippen molar-refractivity contribution >= 4 is 21.6 Å². The molecule has 1 aromatic rings. The molecule has 22 heavy (non-hydrogen) atoms. The summed E-state index contributed by atoms with van der Waals surface area (Å²) < 4.78 is 32.1. The number of ether oxygens (including phenoxy) is 1. The Bertz CT molecular complexity index is 658. The predicted molar refractivity (Wildman–Crippen MR) is 84.5 cm³/mol. The summed E-state index contributed by atoms with van der Waals surface area (Å²) in [4.78, 5) is 11.3. The highest BCUT2D eigenvalue weighted by molar-refractivity contribution is 7.89. The monoisotopic (exact) mass is 326 g/mol. The van der Waals surface area contributed by atoms with Crippen molar-refractivity contribution in [3.05, 3.63) is 18.2 Å². The Labute approximate surface area is 131 Å². The van der Waals surface area contributed by atoms with Crippen LogP contribution in [0, 0.1) is 5.92 Å². The predicted octanol–water partition coefficient (Wildman–Crippen LogP) is 2.07. The number of anilines is 1. The third-order valence-electron chi connectivity index (χ3n) is 3.74. The van der Waals surface area contributed by atoms with Gasteiger partial charge >= 0.3 is 0 Å². The molecule has 0 radical (unpaired) electrons. The number of sulfonamides is 1. The highest BCUT2D eigenvalue weighted by Crippen LogP contribution is 2.30. The summed E-state index contributed by atoms with van der Waals surface area (Å²) in [6, 6.07) is 4.52. The largest absolute Gasteiger partial charge is 0.495 e. The first-order valence-electron chi connectivity index (χ1n) is 7.30. The number of carbonyl (C=O) groups excluding carboxylic acids is 1. The molecule has 0 aromatic heterocycles. The van der Waals surface area contributed by atoms with E-state index in [1.807, 2.05) is 0 Å². The number of rotatable bonds is 4. The van der Waals surface area contributed by atoms with Crippen molar-refractivity contribution in [1.29, 1.82) is 0 Å². The van der Waals surface area contributed by atoms with E-state index in [2.05, 4.69) is 12.2 Å². The average Bonchev–Trinajstić information content (AvgIpc) is 2.47. The number of benzene rings is 1. The van der Waals surface area contributed by atoms with E-state index in [9.17, 15) is 13.2 Å². The van der Waals surface area contributed by atoms with Crippen LogP contribution in [0.3, 0.4) is 0 Å². The minimum Gasteiger partial charge on any atom is -0.495 e. The zero-order chi connectivity index (χ0) is 16.3. The van der Waals surface area contributed by atoms with E-state index in [4.69, 9.17) is 4.74 Å². The third kappa shape index (κ3) is 3.59. The number of methoxy groups -OCH3 is 1. The van der Waals surface area contributed by atoms with Crippen molar-refractivity contribution < 1.29 is 17.9 Å². The van der Waals surface area contributed by atoms with Crippen LogP contribution in [-0.4, -0.2) is 38.8 Å². The van der Waals surface area contributed by atoms with Crippen molar-refractivity contribution in [3.63, 3.8) is 0 Å². The maximum absolute atomic E-state index is 12.7. The fourth-order valence-corrected chi connectivity index (χ4v) is 4.25. The Morgan fingerprint density at radius 3 is 2.73 bits per heavy atom. The molecular formula is C15H22N2O4S. The van der Waals surface area contributed by atoms with Gasteiger partial charge in [0.15, 0.2) is 0 Å². The number of nitrogens with one attached hydrogen (secondary N) is 1. The van der Waals surface area contributed by atoms with Gasteiger partial charge in [-0.05, 0) is 30.9 Å². The van der Waals surface area contributed by atoms with Crippen LogP contribution in [0.5, 0.6) is 5.75 Å². The minimum absolute atomic E-state index is 0.188. The first-order valence-corrected chi connectivity index (χ1v) is 8.74. The van der Waals surface area contributed by atoms with Crippen LogP contribution in [0.2, 0.25) is 0 Å². The Balaban J connectivity index is 2.33. The molecule has 1 aliphatic heterocycles. The summed E-state index contributed by atoms with van der Waals surface area (Å²) in [5.41, 5.74) is 0.459. The molecule has 6 nitrogen and oxygen atoms in total. The standard InChI is InChI=1S/C15H22N2O4S/c1-11-5-4-8-17(10-11)22(19,20)13-6-7-14(16-12(2)18)15(9-13)21-3/h6-7,9,11H,4-5,8,10H2,1-3H3,(H,16,18)/t11-/m1/s1. The highest BCUT2D eigenvalue weighted by Gasteiger charge is 2.29. The second-order valence-corrected chi connectivity index (χ2v) is 7.59. The fourth-order valence-electron chi connectivity index (χ4n) is 2.64. The molecule has 1 heterocycles. The van der Waals surface area contributed by atoms with E-state index in [-0.39, 0.29) is 10.8 Å². The quantitative estimate of drug-likeness (QED) is 0.919. The van der Waals surface area contributed by atoms with Crippen molar-refractivity contribution in [2.45, 2.75) is 31.6 Å². The number of nitrogens with zero attached hydrogens (tertiary/aromatic N) is 1. The van der Waals surface area contributed by atoms with Crippen LogP contribution < -0.4 is 10.1 Å². The molecule has 0 aliphatic carbocycles. The number of piperidine rings is 1. The third-order valence-corrected chi connectivity index (χ3v) is 5.60. The molecule has 122 valence electrons. The summed E-state index contributed by atoms with van der Waals surface area (Å²) in [5, 5.41) is 2.62. The number of hydrogen-bond donors (Lipinski definition) is 1. The molecule has 7 heteroatoms. The van der Waals surface area contributed by atoms with E-state index in [1.165, 1.54) is 30.5 Å². The molecule has 1 aliphatic rings. The average molecular weight is 326 g/mol. The van der Waals surface area contributed by atoms with Gasteiger partial charge in [-0.2, -0.15) is 4.31 Å². The van der Waals surface area contributed by atoms with Gasteiger partial charge in [-0.15, -0.1) is 0 Å². The van der Waals surface area contributed by atoms with Gasteiger partial charge in [0.05, 0.1) is 17.7 Å². The maximum atomic E-state index is 12.7. The summed E-state index contributed by atoms with van der Waals surface area (Å²) in [6.45, 7) is 4.53. The fraction of sp³-hybridized carbons (Fsp3) is 0.533. The number of amides is 1. The van der Waals surface area contributed by atoms with Gasteiger partial charge in [0.1, 0.15) is 5.75 Å². The van der Waals surface area contributed by atoms with Crippen molar-refractivity contribution in [2.24, 2.45) is 5.92 Å². The molecule has 0 unspecified atom stereocenters. The first kappa shape index (κ1) is 16.8. The van der Waals surface area contributed by atoms with Gasteiger partial charge in [0.25, 0.3) is 0 Å². The van der Waals surface area contributed by atoms with Gasteiger partial charge in [0, 0.05) is 26.1 Å². The lowest BCUT2D eigenvalue weighted by Crippen LogP contribution is -2.39. The summed E-state index contributed by atoms with van der Waals surface area (Å²) in [5.74, 6) is 0.462. The van der Waals surface area contributed by atoms with E-state index in [0.717, 1.165) is 12.8 Å². The zero-order valence-electron chi connectivity index (χ0n) is 13.1. The van der Waals surface area contributed by atoms with E-state index >= 15 is 0 Å². The first-order chi connectivity index (χ1) is 10.3. The molecule has 0 bridgehead atoms. The van der Waals surface area contributed by atoms with Crippen LogP contribution in [0.15, 0.2) is 23.1 Å². The molecule has 0 spiro atoms. The lowest BCUT2D eigenvalue weighted by atomic mass is 10.0. The minimum atomic E-state index is -3.53. The van der Waals surface area contributed by atoms with Crippen molar-refractivity contribution in [3.8, 4) is 5.75 Å². The summed E-state index contributed by atoms with van der Waals surface area (Å²) in [6.07, 6.45) is 1.93. The van der Waals surface area contributed by atoms with Crippen LogP contribution in [0.4, 0.5) is 5.69 Å². The molecule has 1 N–H and O–H groups in total. The number of carbonyl (C=O) groups is 1. The van der Waals surface area contributed by atoms with Gasteiger partial charge in [-0.3, -0.25) is 4.79 Å². The normalized spacial score (nSPS) is 19.7. The molecular weight excluding hydrogens is 304 g/mol. The Morgan fingerprint density at radius 2 is 2.14 bits per heavy atom. The molecule has 1 fully saturated rings. The second-order valence-electron chi connectivity index (χ2n) is 5.65. The SMILES string of the molecule is COc1cc(S(=O)(=O)N2CCC[C@@H](C)C2)ccc1NC(C)=O. The van der Waals surface area contributed by atoms with Gasteiger partial charge in [-0.1, -0.05) is 6.92 Å². The zero-order valence-corrected chi connectivity index (χ0v) is 13.9. The van der Waals surface area contributed by atoms with E-state index in [1.54, 1.807) is 6.07 Å². The molecule has 0 saturated carbocycles. The van der Waals surface area contributed by atoms with Crippen LogP contribution in [0.1, 0.15) is 26.7 Å². The molecule has 1 atom stereocenters. The Kier molecular flexibility index (Phi) is 5.08. The van der Waals surface area contributed by atoms with Crippen LogP contribution >= 0.6 is 0 Å². The summed E-state index contributed by atoms with van der Waals surface area (Å²) >= 11 is 0. The highest BCUT2D eigenvalue weighted by atomic mass is 32.2. The topological polar surface area (TPSA) is 75.7 Å². The van der Waals surface area contributed by atoms with Gasteiger partial charge in [-0.25, -0.2) is 8.42 Å². The molecule has 2 rings (SSSR count). The summed E-state index contributed by atoms with van der Waals surface area (Å²) in [7, 11) is -2.09. The van der Waals surface area contributed by atoms with E-state index < -0.39 is 10.0 Å². The Morgan fingerprint density at radius 1 is 1.41 bits per heavy atom. The van der Waals surface area contributed by atoms with E-state index in [0.29, 0.717) is 30.4 Å². The smallest absolute Gasteiger partial charge is 0.243 e. The van der Waals surface area contributed by atoms with Gasteiger partial charge < -0.3 is 10.1 Å². The lowest BCUT2D eigenvalue weighted by Gasteiger charge is -2.30. The van der Waals surface area contributed by atoms with Crippen molar-refractivity contribution in [2.75, 3.05) is 25.5 Å². The van der Waals surface area contributed by atoms with Crippen molar-refractivity contribution in [1.82, 2.24) is 4.31 Å².